The van der Waals surface area contributed by atoms with Crippen molar-refractivity contribution in [1.82, 2.24) is 10.2 Å². The number of hydrogen-bond acceptors (Lipinski definition) is 2. The number of nitrogens with one attached hydrogen (secondary N) is 1. The zero-order valence-electron chi connectivity index (χ0n) is 13.7. The molecule has 1 aliphatic heterocycles. The summed E-state index contributed by atoms with van der Waals surface area (Å²) in [5.41, 5.74) is -0.197. The Morgan fingerprint density at radius 2 is 1.88 bits per heavy atom. The van der Waals surface area contributed by atoms with Gasteiger partial charge in [-0.15, -0.1) is 11.6 Å². The molecule has 2 amide bonds. The van der Waals surface area contributed by atoms with Crippen LogP contribution in [0, 0.1) is 5.41 Å². The van der Waals surface area contributed by atoms with Gasteiger partial charge in [0.25, 0.3) is 5.91 Å². The van der Waals surface area contributed by atoms with E-state index in [0.29, 0.717) is 41.5 Å². The number of likely N-dealkylation sites (tertiary alicyclic amines) is 1. The van der Waals surface area contributed by atoms with Gasteiger partial charge in [0.15, 0.2) is 0 Å². The second-order valence-electron chi connectivity index (χ2n) is 6.68. The Morgan fingerprint density at radius 1 is 1.25 bits per heavy atom. The van der Waals surface area contributed by atoms with Crippen molar-refractivity contribution >= 4 is 46.6 Å². The molecule has 132 valence electrons. The van der Waals surface area contributed by atoms with Crippen LogP contribution in [-0.2, 0) is 4.79 Å². The van der Waals surface area contributed by atoms with Crippen LogP contribution in [-0.4, -0.2) is 41.7 Å². The molecule has 1 aromatic carbocycles. The van der Waals surface area contributed by atoms with Crippen molar-refractivity contribution in [2.75, 3.05) is 19.0 Å². The van der Waals surface area contributed by atoms with Gasteiger partial charge in [-0.1, -0.05) is 23.2 Å². The zero-order chi connectivity index (χ0) is 17.9. The fourth-order valence-electron chi connectivity index (χ4n) is 2.65. The Bertz CT molecular complexity index is 626. The fraction of sp³-hybridized carbons (Fsp3) is 0.529. The highest BCUT2D eigenvalue weighted by molar-refractivity contribution is 6.35. The lowest BCUT2D eigenvalue weighted by molar-refractivity contribution is -0.140. The first kappa shape index (κ1) is 19.4. The Hall–Kier alpha value is -0.970. The van der Waals surface area contributed by atoms with Gasteiger partial charge in [0.05, 0.1) is 16.0 Å². The van der Waals surface area contributed by atoms with Gasteiger partial charge in [-0.05, 0) is 44.9 Å². The van der Waals surface area contributed by atoms with E-state index in [1.807, 2.05) is 18.7 Å². The molecule has 1 heterocycles. The SMILES string of the molecule is CC(C)(CCl)C(=O)N1CCC(NC(=O)c2cc(Cl)ccc2Cl)CC1. The smallest absolute Gasteiger partial charge is 0.253 e. The van der Waals surface area contributed by atoms with Gasteiger partial charge < -0.3 is 10.2 Å². The molecule has 7 heteroatoms. The van der Waals surface area contributed by atoms with Gasteiger partial charge in [-0.2, -0.15) is 0 Å². The normalized spacial score (nSPS) is 16.1. The van der Waals surface area contributed by atoms with Crippen LogP contribution in [0.25, 0.3) is 0 Å². The number of nitrogens with zero attached hydrogens (tertiary/aromatic N) is 1. The van der Waals surface area contributed by atoms with E-state index in [0.717, 1.165) is 0 Å². The maximum absolute atomic E-state index is 12.4. The molecule has 0 aliphatic carbocycles. The molecule has 1 N–H and O–H groups in total. The lowest BCUT2D eigenvalue weighted by atomic mass is 9.92. The topological polar surface area (TPSA) is 49.4 Å². The largest absolute Gasteiger partial charge is 0.349 e. The molecule has 2 rings (SSSR count). The number of piperidine rings is 1. The summed E-state index contributed by atoms with van der Waals surface area (Å²) in [7, 11) is 0. The van der Waals surface area contributed by atoms with E-state index in [-0.39, 0.29) is 23.7 Å². The molecule has 0 atom stereocenters. The van der Waals surface area contributed by atoms with Crippen molar-refractivity contribution in [1.29, 1.82) is 0 Å². The maximum Gasteiger partial charge on any atom is 0.253 e. The van der Waals surface area contributed by atoms with Gasteiger partial charge in [-0.3, -0.25) is 9.59 Å². The van der Waals surface area contributed by atoms with Crippen LogP contribution in [0.1, 0.15) is 37.0 Å². The molecule has 4 nitrogen and oxygen atoms in total. The summed E-state index contributed by atoms with van der Waals surface area (Å²) in [5.74, 6) is 0.101. The molecule has 0 saturated carbocycles. The molecular formula is C17H21Cl3N2O2. The molecule has 0 unspecified atom stereocenters. The van der Waals surface area contributed by atoms with Gasteiger partial charge in [0.2, 0.25) is 5.91 Å². The third kappa shape index (κ3) is 4.56. The van der Waals surface area contributed by atoms with Gasteiger partial charge in [0.1, 0.15) is 0 Å². The standard InChI is InChI=1S/C17H21Cl3N2O2/c1-17(2,10-18)16(24)22-7-5-12(6-8-22)21-15(23)13-9-11(19)3-4-14(13)20/h3-4,9,12H,5-8,10H2,1-2H3,(H,21,23). The highest BCUT2D eigenvalue weighted by atomic mass is 35.5. The molecule has 1 saturated heterocycles. The lowest BCUT2D eigenvalue weighted by Crippen LogP contribution is -2.50. The summed E-state index contributed by atoms with van der Waals surface area (Å²) in [5, 5.41) is 3.80. The van der Waals surface area contributed by atoms with E-state index in [9.17, 15) is 9.59 Å². The molecular weight excluding hydrogens is 371 g/mol. The van der Waals surface area contributed by atoms with Crippen molar-refractivity contribution in [3.63, 3.8) is 0 Å². The minimum Gasteiger partial charge on any atom is -0.349 e. The fourth-order valence-corrected chi connectivity index (χ4v) is 3.14. The van der Waals surface area contributed by atoms with Crippen LogP contribution >= 0.6 is 34.8 Å². The van der Waals surface area contributed by atoms with E-state index < -0.39 is 5.41 Å². The van der Waals surface area contributed by atoms with E-state index in [1.54, 1.807) is 18.2 Å². The Morgan fingerprint density at radius 3 is 2.46 bits per heavy atom. The van der Waals surface area contributed by atoms with Crippen molar-refractivity contribution in [3.05, 3.63) is 33.8 Å². The van der Waals surface area contributed by atoms with Gasteiger partial charge in [0, 0.05) is 30.0 Å². The second kappa shape index (κ2) is 7.94. The third-order valence-corrected chi connectivity index (χ3v) is 5.44. The summed E-state index contributed by atoms with van der Waals surface area (Å²) in [6, 6.07) is 4.81. The number of halogens is 3. The Labute approximate surface area is 157 Å². The summed E-state index contributed by atoms with van der Waals surface area (Å²) < 4.78 is 0. The molecule has 0 spiro atoms. The maximum atomic E-state index is 12.4. The van der Waals surface area contributed by atoms with Crippen LogP contribution in [0.5, 0.6) is 0 Å². The highest BCUT2D eigenvalue weighted by Crippen LogP contribution is 2.24. The minimum absolute atomic E-state index is 0.00992. The van der Waals surface area contributed by atoms with Crippen LogP contribution in [0.3, 0.4) is 0 Å². The Kier molecular flexibility index (Phi) is 6.40. The number of rotatable bonds is 4. The van der Waals surface area contributed by atoms with Crippen molar-refractivity contribution < 1.29 is 9.59 Å². The van der Waals surface area contributed by atoms with Crippen LogP contribution in [0.15, 0.2) is 18.2 Å². The molecule has 1 aliphatic rings. The quantitative estimate of drug-likeness (QED) is 0.789. The Balaban J connectivity index is 1.92. The first-order valence-corrected chi connectivity index (χ1v) is 9.15. The average Bonchev–Trinajstić information content (AvgIpc) is 2.57. The number of carbonyl (C=O) groups is 2. The van der Waals surface area contributed by atoms with E-state index >= 15 is 0 Å². The third-order valence-electron chi connectivity index (χ3n) is 4.20. The first-order valence-electron chi connectivity index (χ1n) is 7.86. The minimum atomic E-state index is -0.564. The summed E-state index contributed by atoms with van der Waals surface area (Å²) in [6.45, 7) is 4.90. The zero-order valence-corrected chi connectivity index (χ0v) is 16.0. The monoisotopic (exact) mass is 390 g/mol. The van der Waals surface area contributed by atoms with Crippen LogP contribution in [0.4, 0.5) is 0 Å². The predicted molar refractivity (Wildman–Crippen MR) is 98.0 cm³/mol. The predicted octanol–water partition coefficient (Wildman–Crippen LogP) is 3.98. The summed E-state index contributed by atoms with van der Waals surface area (Å²) >= 11 is 17.8. The van der Waals surface area contributed by atoms with Crippen molar-refractivity contribution in [2.45, 2.75) is 32.7 Å². The number of amides is 2. The van der Waals surface area contributed by atoms with Crippen molar-refractivity contribution in [3.8, 4) is 0 Å². The molecule has 0 radical (unpaired) electrons. The molecule has 24 heavy (non-hydrogen) atoms. The van der Waals surface area contributed by atoms with E-state index in [4.69, 9.17) is 34.8 Å². The number of alkyl halides is 1. The second-order valence-corrected chi connectivity index (χ2v) is 7.79. The van der Waals surface area contributed by atoms with Crippen molar-refractivity contribution in [2.24, 2.45) is 5.41 Å². The van der Waals surface area contributed by atoms with Crippen LogP contribution < -0.4 is 5.32 Å². The number of hydrogen-bond donors (Lipinski definition) is 1. The van der Waals surface area contributed by atoms with Gasteiger partial charge >= 0.3 is 0 Å². The summed E-state index contributed by atoms with van der Waals surface area (Å²) in [6.07, 6.45) is 1.40. The highest BCUT2D eigenvalue weighted by Gasteiger charge is 2.33. The lowest BCUT2D eigenvalue weighted by Gasteiger charge is -2.36. The van der Waals surface area contributed by atoms with E-state index in [2.05, 4.69) is 5.32 Å². The summed E-state index contributed by atoms with van der Waals surface area (Å²) in [4.78, 5) is 26.6. The molecule has 0 bridgehead atoms. The van der Waals surface area contributed by atoms with E-state index in [1.165, 1.54) is 0 Å². The number of benzene rings is 1. The van der Waals surface area contributed by atoms with Gasteiger partial charge in [-0.25, -0.2) is 0 Å². The van der Waals surface area contributed by atoms with Crippen LogP contribution in [0.2, 0.25) is 10.0 Å². The molecule has 1 fully saturated rings. The average molecular weight is 392 g/mol. The first-order chi connectivity index (χ1) is 11.2. The molecule has 1 aromatic rings. The number of carbonyl (C=O) groups excluding carboxylic acids is 2. The molecule has 0 aromatic heterocycles.